The van der Waals surface area contributed by atoms with Crippen molar-refractivity contribution in [1.82, 2.24) is 15.2 Å². The van der Waals surface area contributed by atoms with E-state index in [0.717, 1.165) is 69.6 Å². The van der Waals surface area contributed by atoms with Gasteiger partial charge in [-0.1, -0.05) is 18.2 Å². The summed E-state index contributed by atoms with van der Waals surface area (Å²) >= 11 is 0. The first-order chi connectivity index (χ1) is 15.7. The number of pyridine rings is 1. The standard InChI is InChI=1S/C27H31N3O2/c31-26(29-12-2-5-21-8-13-28-14-9-21)24-19-27(24)10-15-30(16-11-27)20-22-4-1-6-23(18-22)25-7-3-17-32-25/h1,3-4,6-9,13-14,17-18,24H,2,5,10-12,15-16,19-20H2,(H,29,31)/t24-/m1/s1. The van der Waals surface area contributed by atoms with Gasteiger partial charge in [0.15, 0.2) is 0 Å². The quantitative estimate of drug-likeness (QED) is 0.528. The summed E-state index contributed by atoms with van der Waals surface area (Å²) < 4.78 is 5.54. The number of hydrogen-bond donors (Lipinski definition) is 1. The van der Waals surface area contributed by atoms with Crippen LogP contribution in [0.5, 0.6) is 0 Å². The molecule has 3 aromatic rings. The summed E-state index contributed by atoms with van der Waals surface area (Å²) in [5.74, 6) is 1.39. The molecule has 5 rings (SSSR count). The molecule has 0 unspecified atom stereocenters. The van der Waals surface area contributed by atoms with Gasteiger partial charge in [0.05, 0.1) is 6.26 Å². The Balaban J connectivity index is 1.06. The molecule has 0 bridgehead atoms. The monoisotopic (exact) mass is 429 g/mol. The summed E-state index contributed by atoms with van der Waals surface area (Å²) in [5.41, 5.74) is 3.97. The van der Waals surface area contributed by atoms with E-state index >= 15 is 0 Å². The Morgan fingerprint density at radius 1 is 1.09 bits per heavy atom. The molecule has 3 heterocycles. The van der Waals surface area contributed by atoms with Gasteiger partial charge in [-0.15, -0.1) is 0 Å². The summed E-state index contributed by atoms with van der Waals surface area (Å²) in [7, 11) is 0. The molecule has 1 amide bonds. The van der Waals surface area contributed by atoms with E-state index in [-0.39, 0.29) is 17.2 Å². The number of piperidine rings is 1. The molecule has 5 heteroatoms. The Kier molecular flexibility index (Phi) is 6.08. The molecule has 1 aliphatic heterocycles. The fourth-order valence-corrected chi connectivity index (χ4v) is 5.13. The van der Waals surface area contributed by atoms with Crippen LogP contribution in [0.3, 0.4) is 0 Å². The average molecular weight is 430 g/mol. The second-order valence-electron chi connectivity index (χ2n) is 9.32. The second kappa shape index (κ2) is 9.29. The van der Waals surface area contributed by atoms with Gasteiger partial charge in [-0.05, 0) is 92.1 Å². The van der Waals surface area contributed by atoms with Crippen molar-refractivity contribution in [2.45, 2.75) is 38.6 Å². The van der Waals surface area contributed by atoms with E-state index in [1.165, 1.54) is 11.1 Å². The lowest BCUT2D eigenvalue weighted by Crippen LogP contribution is -2.37. The summed E-state index contributed by atoms with van der Waals surface area (Å²) in [6, 6.07) is 16.6. The van der Waals surface area contributed by atoms with Crippen LogP contribution >= 0.6 is 0 Å². The Morgan fingerprint density at radius 3 is 2.72 bits per heavy atom. The van der Waals surface area contributed by atoms with E-state index in [2.05, 4.69) is 39.5 Å². The molecule has 0 radical (unpaired) electrons. The van der Waals surface area contributed by atoms with E-state index in [1.807, 2.05) is 36.7 Å². The zero-order chi connectivity index (χ0) is 21.8. The van der Waals surface area contributed by atoms with E-state index in [0.29, 0.717) is 0 Å². The van der Waals surface area contributed by atoms with Gasteiger partial charge in [-0.3, -0.25) is 14.7 Å². The van der Waals surface area contributed by atoms with E-state index in [4.69, 9.17) is 4.42 Å². The third kappa shape index (κ3) is 4.78. The molecule has 2 aliphatic rings. The Bertz CT molecular complexity index is 1020. The van der Waals surface area contributed by atoms with E-state index in [9.17, 15) is 4.79 Å². The maximum atomic E-state index is 12.7. The highest BCUT2D eigenvalue weighted by molar-refractivity contribution is 5.82. The van der Waals surface area contributed by atoms with Crippen molar-refractivity contribution in [3.05, 3.63) is 78.3 Å². The van der Waals surface area contributed by atoms with Crippen molar-refractivity contribution in [3.8, 4) is 11.3 Å². The first-order valence-electron chi connectivity index (χ1n) is 11.7. The van der Waals surface area contributed by atoms with Crippen molar-refractivity contribution in [3.63, 3.8) is 0 Å². The van der Waals surface area contributed by atoms with Gasteiger partial charge in [-0.25, -0.2) is 0 Å². The highest BCUT2D eigenvalue weighted by atomic mass is 16.3. The Hall–Kier alpha value is -2.92. The number of benzene rings is 1. The fraction of sp³-hybridized carbons (Fsp3) is 0.407. The van der Waals surface area contributed by atoms with Crippen LogP contribution in [0.4, 0.5) is 0 Å². The smallest absolute Gasteiger partial charge is 0.223 e. The number of nitrogens with zero attached hydrogens (tertiary/aromatic N) is 2. The number of amides is 1. The minimum atomic E-state index is 0.216. The van der Waals surface area contributed by atoms with Crippen LogP contribution in [-0.2, 0) is 17.8 Å². The molecule has 1 saturated heterocycles. The summed E-state index contributed by atoms with van der Waals surface area (Å²) in [6.45, 7) is 3.84. The van der Waals surface area contributed by atoms with Crippen molar-refractivity contribution in [1.29, 1.82) is 0 Å². The normalized spacial score (nSPS) is 19.7. The minimum Gasteiger partial charge on any atom is -0.464 e. The first-order valence-corrected chi connectivity index (χ1v) is 11.7. The number of aryl methyl sites for hydroxylation is 1. The number of carbonyl (C=O) groups is 1. The van der Waals surface area contributed by atoms with Gasteiger partial charge in [-0.2, -0.15) is 0 Å². The van der Waals surface area contributed by atoms with Gasteiger partial charge in [0.1, 0.15) is 5.76 Å². The van der Waals surface area contributed by atoms with Crippen LogP contribution in [-0.4, -0.2) is 35.4 Å². The molecule has 166 valence electrons. The molecule has 1 spiro atoms. The van der Waals surface area contributed by atoms with E-state index in [1.54, 1.807) is 6.26 Å². The largest absolute Gasteiger partial charge is 0.464 e. The average Bonchev–Trinajstić information content (AvgIpc) is 3.25. The number of aromatic nitrogens is 1. The first kappa shape index (κ1) is 21.0. The molecule has 32 heavy (non-hydrogen) atoms. The number of hydrogen-bond acceptors (Lipinski definition) is 4. The summed E-state index contributed by atoms with van der Waals surface area (Å²) in [5, 5.41) is 3.18. The van der Waals surface area contributed by atoms with Crippen molar-refractivity contribution >= 4 is 5.91 Å². The Labute approximate surface area is 189 Å². The lowest BCUT2D eigenvalue weighted by atomic mass is 9.90. The van der Waals surface area contributed by atoms with Gasteiger partial charge in [0.2, 0.25) is 5.91 Å². The molecule has 5 nitrogen and oxygen atoms in total. The number of likely N-dealkylation sites (tertiary alicyclic amines) is 1. The third-order valence-corrected chi connectivity index (χ3v) is 7.19. The molecule has 1 N–H and O–H groups in total. The minimum absolute atomic E-state index is 0.216. The molecular formula is C27H31N3O2. The van der Waals surface area contributed by atoms with Gasteiger partial charge >= 0.3 is 0 Å². The SMILES string of the molecule is O=C(NCCCc1ccncc1)[C@H]1CC12CCN(Cc1cccc(-c3ccco3)c1)CC2. The number of nitrogens with one attached hydrogen (secondary N) is 1. The van der Waals surface area contributed by atoms with Crippen LogP contribution in [0.15, 0.2) is 71.6 Å². The maximum Gasteiger partial charge on any atom is 0.223 e. The topological polar surface area (TPSA) is 58.4 Å². The zero-order valence-electron chi connectivity index (χ0n) is 18.5. The molecule has 2 aromatic heterocycles. The van der Waals surface area contributed by atoms with Gasteiger partial charge < -0.3 is 9.73 Å². The van der Waals surface area contributed by atoms with Crippen LogP contribution in [0.2, 0.25) is 0 Å². The predicted octanol–water partition coefficient (Wildman–Crippen LogP) is 4.69. The second-order valence-corrected chi connectivity index (χ2v) is 9.32. The lowest BCUT2D eigenvalue weighted by Gasteiger charge is -2.33. The maximum absolute atomic E-state index is 12.7. The lowest BCUT2D eigenvalue weighted by molar-refractivity contribution is -0.123. The zero-order valence-corrected chi connectivity index (χ0v) is 18.5. The highest BCUT2D eigenvalue weighted by Gasteiger charge is 2.58. The van der Waals surface area contributed by atoms with Crippen LogP contribution in [0.1, 0.15) is 36.8 Å². The van der Waals surface area contributed by atoms with Gasteiger partial charge in [0, 0.05) is 37.0 Å². The van der Waals surface area contributed by atoms with Crippen molar-refractivity contribution in [2.24, 2.45) is 11.3 Å². The highest BCUT2D eigenvalue weighted by Crippen LogP contribution is 2.59. The van der Waals surface area contributed by atoms with Crippen LogP contribution in [0, 0.1) is 11.3 Å². The molecule has 1 aliphatic carbocycles. The summed E-state index contributed by atoms with van der Waals surface area (Å²) in [4.78, 5) is 19.2. The number of furan rings is 1. The van der Waals surface area contributed by atoms with Crippen molar-refractivity contribution in [2.75, 3.05) is 19.6 Å². The predicted molar refractivity (Wildman–Crippen MR) is 125 cm³/mol. The molecule has 1 atom stereocenters. The number of carbonyl (C=O) groups excluding carboxylic acids is 1. The van der Waals surface area contributed by atoms with Crippen molar-refractivity contribution < 1.29 is 9.21 Å². The molecule has 1 saturated carbocycles. The number of rotatable bonds is 8. The van der Waals surface area contributed by atoms with Crippen LogP contribution < -0.4 is 5.32 Å². The Morgan fingerprint density at radius 2 is 1.94 bits per heavy atom. The summed E-state index contributed by atoms with van der Waals surface area (Å²) in [6.07, 6.45) is 10.6. The molecule has 2 fully saturated rings. The fourth-order valence-electron chi connectivity index (χ4n) is 5.13. The third-order valence-electron chi connectivity index (χ3n) is 7.19. The van der Waals surface area contributed by atoms with Crippen LogP contribution in [0.25, 0.3) is 11.3 Å². The van der Waals surface area contributed by atoms with Gasteiger partial charge in [0.25, 0.3) is 0 Å². The van der Waals surface area contributed by atoms with E-state index < -0.39 is 0 Å². The molecular weight excluding hydrogens is 398 g/mol. The molecule has 1 aromatic carbocycles.